The summed E-state index contributed by atoms with van der Waals surface area (Å²) in [6, 6.07) is 12.3. The first-order valence-corrected chi connectivity index (χ1v) is 8.69. The summed E-state index contributed by atoms with van der Waals surface area (Å²) < 4.78 is 18.9. The van der Waals surface area contributed by atoms with Crippen LogP contribution in [0, 0.1) is 5.82 Å². The SMILES string of the molecule is CC[NH+](Cc1ccc(OC)c(F)c1)[C@H](C)c1nc2ccccc2c(=O)[nH]1. The Bertz CT molecular complexity index is 971. The number of fused-ring (bicyclic) bond motifs is 1. The lowest BCUT2D eigenvalue weighted by atomic mass is 10.1. The van der Waals surface area contributed by atoms with Crippen LogP contribution in [0.2, 0.25) is 0 Å². The lowest BCUT2D eigenvalue weighted by Crippen LogP contribution is -3.10. The van der Waals surface area contributed by atoms with Crippen LogP contribution in [-0.2, 0) is 6.54 Å². The second-order valence-corrected chi connectivity index (χ2v) is 6.35. The predicted octanol–water partition coefficient (Wildman–Crippen LogP) is 2.24. The maximum Gasteiger partial charge on any atom is 0.258 e. The van der Waals surface area contributed by atoms with E-state index in [2.05, 4.69) is 16.9 Å². The van der Waals surface area contributed by atoms with Crippen molar-refractivity contribution in [3.05, 3.63) is 70.0 Å². The second kappa shape index (κ2) is 7.66. The summed E-state index contributed by atoms with van der Waals surface area (Å²) in [4.78, 5) is 21.0. The topological polar surface area (TPSA) is 59.4 Å². The van der Waals surface area contributed by atoms with Gasteiger partial charge < -0.3 is 14.6 Å². The maximum absolute atomic E-state index is 14.0. The zero-order chi connectivity index (χ0) is 18.7. The van der Waals surface area contributed by atoms with Gasteiger partial charge in [-0.25, -0.2) is 9.37 Å². The number of methoxy groups -OCH3 is 1. The molecule has 136 valence electrons. The molecule has 2 aromatic carbocycles. The number of rotatable bonds is 6. The Morgan fingerprint density at radius 1 is 1.27 bits per heavy atom. The fourth-order valence-electron chi connectivity index (χ4n) is 3.17. The van der Waals surface area contributed by atoms with E-state index in [1.807, 2.05) is 31.2 Å². The van der Waals surface area contributed by atoms with Gasteiger partial charge in [0, 0.05) is 5.56 Å². The number of aromatic amines is 1. The van der Waals surface area contributed by atoms with Crippen LogP contribution in [0.25, 0.3) is 10.9 Å². The molecule has 0 saturated heterocycles. The fraction of sp³-hybridized carbons (Fsp3) is 0.300. The first-order valence-electron chi connectivity index (χ1n) is 8.69. The number of ether oxygens (including phenoxy) is 1. The van der Waals surface area contributed by atoms with Crippen LogP contribution in [0.15, 0.2) is 47.3 Å². The molecule has 0 bridgehead atoms. The van der Waals surface area contributed by atoms with Crippen molar-refractivity contribution in [2.45, 2.75) is 26.4 Å². The minimum Gasteiger partial charge on any atom is -0.494 e. The average Bonchev–Trinajstić information content (AvgIpc) is 2.65. The molecule has 0 saturated carbocycles. The highest BCUT2D eigenvalue weighted by atomic mass is 19.1. The van der Waals surface area contributed by atoms with Crippen LogP contribution < -0.4 is 15.2 Å². The highest BCUT2D eigenvalue weighted by Gasteiger charge is 2.22. The molecule has 5 nitrogen and oxygen atoms in total. The van der Waals surface area contributed by atoms with Crippen LogP contribution in [0.5, 0.6) is 5.75 Å². The molecule has 0 aliphatic heterocycles. The molecule has 1 heterocycles. The third kappa shape index (κ3) is 3.60. The third-order valence-corrected chi connectivity index (χ3v) is 4.76. The Morgan fingerprint density at radius 2 is 2.04 bits per heavy atom. The van der Waals surface area contributed by atoms with Gasteiger partial charge in [-0.05, 0) is 44.2 Å². The molecule has 0 spiro atoms. The average molecular weight is 356 g/mol. The van der Waals surface area contributed by atoms with Crippen molar-refractivity contribution in [2.75, 3.05) is 13.7 Å². The molecule has 3 rings (SSSR count). The van der Waals surface area contributed by atoms with Gasteiger partial charge in [-0.1, -0.05) is 12.1 Å². The first kappa shape index (κ1) is 18.1. The lowest BCUT2D eigenvalue weighted by molar-refractivity contribution is -0.942. The van der Waals surface area contributed by atoms with Crippen molar-refractivity contribution in [3.63, 3.8) is 0 Å². The largest absolute Gasteiger partial charge is 0.494 e. The van der Waals surface area contributed by atoms with E-state index in [4.69, 9.17) is 4.74 Å². The molecule has 2 N–H and O–H groups in total. The molecule has 1 unspecified atom stereocenters. The molecular weight excluding hydrogens is 333 g/mol. The highest BCUT2D eigenvalue weighted by Crippen LogP contribution is 2.17. The van der Waals surface area contributed by atoms with Crippen LogP contribution in [-0.4, -0.2) is 23.6 Å². The number of aromatic nitrogens is 2. The van der Waals surface area contributed by atoms with Gasteiger partial charge in [0.05, 0.1) is 24.6 Å². The van der Waals surface area contributed by atoms with Gasteiger partial charge in [0.1, 0.15) is 12.6 Å². The molecule has 3 aromatic rings. The third-order valence-electron chi connectivity index (χ3n) is 4.76. The summed E-state index contributed by atoms with van der Waals surface area (Å²) in [7, 11) is 1.45. The van der Waals surface area contributed by atoms with E-state index in [1.54, 1.807) is 12.1 Å². The molecule has 2 atom stereocenters. The maximum atomic E-state index is 14.0. The summed E-state index contributed by atoms with van der Waals surface area (Å²) in [6.45, 7) is 5.51. The number of hydrogen-bond acceptors (Lipinski definition) is 3. The molecule has 0 aliphatic rings. The molecule has 0 amide bonds. The van der Waals surface area contributed by atoms with Gasteiger partial charge in [0.25, 0.3) is 5.56 Å². The van der Waals surface area contributed by atoms with Crippen molar-refractivity contribution >= 4 is 10.9 Å². The number of H-pyrrole nitrogens is 1. The van der Waals surface area contributed by atoms with E-state index in [0.29, 0.717) is 23.3 Å². The number of hydrogen-bond donors (Lipinski definition) is 2. The van der Waals surface area contributed by atoms with Crippen molar-refractivity contribution in [1.29, 1.82) is 0 Å². The summed E-state index contributed by atoms with van der Waals surface area (Å²) in [6.07, 6.45) is 0. The number of para-hydroxylation sites is 1. The Labute approximate surface area is 151 Å². The molecule has 1 aromatic heterocycles. The van der Waals surface area contributed by atoms with Crippen LogP contribution >= 0.6 is 0 Å². The highest BCUT2D eigenvalue weighted by molar-refractivity contribution is 5.77. The monoisotopic (exact) mass is 356 g/mol. The fourth-order valence-corrected chi connectivity index (χ4v) is 3.17. The summed E-state index contributed by atoms with van der Waals surface area (Å²) in [5.74, 6) is 0.505. The van der Waals surface area contributed by atoms with E-state index in [-0.39, 0.29) is 23.2 Å². The van der Waals surface area contributed by atoms with Gasteiger partial charge >= 0.3 is 0 Å². The van der Waals surface area contributed by atoms with Gasteiger partial charge in [-0.15, -0.1) is 0 Å². The van der Waals surface area contributed by atoms with Crippen molar-refractivity contribution in [1.82, 2.24) is 9.97 Å². The minimum absolute atomic E-state index is 0.0394. The Hall–Kier alpha value is -2.73. The van der Waals surface area contributed by atoms with Crippen LogP contribution in [0.3, 0.4) is 0 Å². The minimum atomic E-state index is -0.370. The molecule has 0 fully saturated rings. The van der Waals surface area contributed by atoms with E-state index in [9.17, 15) is 9.18 Å². The van der Waals surface area contributed by atoms with Gasteiger partial charge in [0.15, 0.2) is 17.4 Å². The lowest BCUT2D eigenvalue weighted by Gasteiger charge is -2.24. The van der Waals surface area contributed by atoms with E-state index in [1.165, 1.54) is 18.1 Å². The van der Waals surface area contributed by atoms with Crippen molar-refractivity contribution in [2.24, 2.45) is 0 Å². The van der Waals surface area contributed by atoms with Crippen LogP contribution in [0.1, 0.15) is 31.3 Å². The number of nitrogens with one attached hydrogen (secondary N) is 2. The van der Waals surface area contributed by atoms with E-state index in [0.717, 1.165) is 12.1 Å². The standard InChI is InChI=1S/C20H22FN3O2/c1-4-24(12-14-9-10-18(26-3)16(21)11-14)13(2)19-22-17-8-6-5-7-15(17)20(25)23-19/h5-11,13H,4,12H2,1-3H3,(H,22,23,25)/p+1/t13-/m1/s1. The van der Waals surface area contributed by atoms with Crippen LogP contribution in [0.4, 0.5) is 4.39 Å². The Kier molecular flexibility index (Phi) is 5.32. The van der Waals surface area contributed by atoms with Crippen molar-refractivity contribution in [3.8, 4) is 5.75 Å². The van der Waals surface area contributed by atoms with Gasteiger partial charge in [-0.3, -0.25) is 4.79 Å². The first-order chi connectivity index (χ1) is 12.5. The summed E-state index contributed by atoms with van der Waals surface area (Å²) in [5.41, 5.74) is 1.42. The number of nitrogens with zero attached hydrogens (tertiary/aromatic N) is 1. The molecule has 6 heteroatoms. The second-order valence-electron chi connectivity index (χ2n) is 6.35. The number of halogens is 1. The smallest absolute Gasteiger partial charge is 0.258 e. The van der Waals surface area contributed by atoms with Crippen molar-refractivity contribution < 1.29 is 14.0 Å². The zero-order valence-electron chi connectivity index (χ0n) is 15.2. The molecule has 0 radical (unpaired) electrons. The zero-order valence-corrected chi connectivity index (χ0v) is 15.2. The summed E-state index contributed by atoms with van der Waals surface area (Å²) >= 11 is 0. The molecular formula is C20H23FN3O2+. The molecule has 0 aliphatic carbocycles. The Balaban J connectivity index is 1.88. The number of quaternary nitrogens is 1. The quantitative estimate of drug-likeness (QED) is 0.712. The Morgan fingerprint density at radius 3 is 2.73 bits per heavy atom. The summed E-state index contributed by atoms with van der Waals surface area (Å²) in [5, 5.41) is 0.582. The van der Waals surface area contributed by atoms with Gasteiger partial charge in [0.2, 0.25) is 0 Å². The van der Waals surface area contributed by atoms with Gasteiger partial charge in [-0.2, -0.15) is 0 Å². The molecule has 26 heavy (non-hydrogen) atoms. The predicted molar refractivity (Wildman–Crippen MR) is 98.9 cm³/mol. The number of benzene rings is 2. The van der Waals surface area contributed by atoms with E-state index >= 15 is 0 Å². The van der Waals surface area contributed by atoms with E-state index < -0.39 is 0 Å². The normalized spacial score (nSPS) is 13.5.